The minimum absolute atomic E-state index is 0.132. The van der Waals surface area contributed by atoms with Crippen LogP contribution in [0.3, 0.4) is 0 Å². The molecule has 1 fully saturated rings. The molecule has 0 atom stereocenters. The Morgan fingerprint density at radius 1 is 1.08 bits per heavy atom. The molecule has 0 N–H and O–H groups in total. The van der Waals surface area contributed by atoms with Crippen LogP contribution in [-0.2, 0) is 14.8 Å². The molecule has 1 aromatic rings. The monoisotopic (exact) mass is 388 g/mol. The highest BCUT2D eigenvalue weighted by Crippen LogP contribution is 2.19. The SMILES string of the molecule is CC(=CC(=O)C(F)(F)F)N1CCN(S(=O)(=O)C=Cc2ccccc2)CC1. The van der Waals surface area contributed by atoms with Gasteiger partial charge in [0.2, 0.25) is 10.0 Å². The second-order valence-corrected chi connectivity index (χ2v) is 7.61. The number of alkyl halides is 3. The number of hydrogen-bond acceptors (Lipinski definition) is 4. The molecule has 0 spiro atoms. The fraction of sp³-hybridized carbons (Fsp3) is 0.353. The van der Waals surface area contributed by atoms with E-state index in [9.17, 15) is 26.4 Å². The van der Waals surface area contributed by atoms with E-state index in [2.05, 4.69) is 0 Å². The van der Waals surface area contributed by atoms with Crippen molar-refractivity contribution in [3.8, 4) is 0 Å². The molecule has 142 valence electrons. The molecule has 1 aromatic carbocycles. The molecule has 0 saturated carbocycles. The normalized spacial score (nSPS) is 17.7. The van der Waals surface area contributed by atoms with Crippen LogP contribution >= 0.6 is 0 Å². The van der Waals surface area contributed by atoms with Gasteiger partial charge in [0.25, 0.3) is 5.78 Å². The van der Waals surface area contributed by atoms with Crippen molar-refractivity contribution in [3.63, 3.8) is 0 Å². The van der Waals surface area contributed by atoms with Crippen LogP contribution in [-0.4, -0.2) is 55.8 Å². The molecule has 1 heterocycles. The van der Waals surface area contributed by atoms with Crippen LogP contribution in [0.2, 0.25) is 0 Å². The Kier molecular flexibility index (Phi) is 6.25. The lowest BCUT2D eigenvalue weighted by Gasteiger charge is -2.35. The van der Waals surface area contributed by atoms with Crippen LogP contribution in [0.25, 0.3) is 6.08 Å². The standard InChI is InChI=1S/C17H19F3N2O3S/c1-14(13-16(23)17(18,19)20)21-8-10-22(11-9-21)26(24,25)12-7-15-5-3-2-4-6-15/h2-7,12-13H,8-11H2,1H3. The van der Waals surface area contributed by atoms with Gasteiger partial charge in [-0.1, -0.05) is 30.3 Å². The molecule has 0 aromatic heterocycles. The minimum atomic E-state index is -4.91. The highest BCUT2D eigenvalue weighted by Gasteiger charge is 2.37. The van der Waals surface area contributed by atoms with E-state index < -0.39 is 22.0 Å². The zero-order valence-electron chi connectivity index (χ0n) is 14.1. The Labute approximate surface area is 150 Å². The van der Waals surface area contributed by atoms with Gasteiger partial charge >= 0.3 is 6.18 Å². The number of carbonyl (C=O) groups is 1. The zero-order valence-corrected chi connectivity index (χ0v) is 14.9. The Hall–Kier alpha value is -2.13. The summed E-state index contributed by atoms with van der Waals surface area (Å²) in [7, 11) is -3.62. The Morgan fingerprint density at radius 2 is 1.65 bits per heavy atom. The number of carbonyl (C=O) groups excluding carboxylic acids is 1. The van der Waals surface area contributed by atoms with Crippen LogP contribution < -0.4 is 0 Å². The van der Waals surface area contributed by atoms with E-state index in [1.807, 2.05) is 6.07 Å². The fourth-order valence-electron chi connectivity index (χ4n) is 2.47. The summed E-state index contributed by atoms with van der Waals surface area (Å²) in [5.41, 5.74) is 0.920. The van der Waals surface area contributed by atoms with Gasteiger partial charge in [-0.25, -0.2) is 8.42 Å². The second-order valence-electron chi connectivity index (χ2n) is 5.79. The molecule has 0 bridgehead atoms. The number of sulfonamides is 1. The molecule has 1 saturated heterocycles. The Morgan fingerprint density at radius 3 is 2.19 bits per heavy atom. The summed E-state index contributed by atoms with van der Waals surface area (Å²) in [6, 6.07) is 8.96. The van der Waals surface area contributed by atoms with Crippen molar-refractivity contribution >= 4 is 21.9 Å². The molecule has 9 heteroatoms. The first-order chi connectivity index (χ1) is 12.1. The lowest BCUT2D eigenvalue weighted by atomic mass is 10.2. The smallest absolute Gasteiger partial charge is 0.372 e. The highest BCUT2D eigenvalue weighted by atomic mass is 32.2. The van der Waals surface area contributed by atoms with Crippen molar-refractivity contribution in [1.82, 2.24) is 9.21 Å². The summed E-state index contributed by atoms with van der Waals surface area (Å²) in [6.45, 7) is 2.10. The molecule has 5 nitrogen and oxygen atoms in total. The van der Waals surface area contributed by atoms with Gasteiger partial charge in [-0.3, -0.25) is 4.79 Å². The maximum atomic E-state index is 12.3. The molecule has 26 heavy (non-hydrogen) atoms. The molecular formula is C17H19F3N2O3S. The third-order valence-corrected chi connectivity index (χ3v) is 5.51. The third kappa shape index (κ3) is 5.43. The van der Waals surface area contributed by atoms with Crippen molar-refractivity contribution < 1.29 is 26.4 Å². The molecule has 0 aliphatic carbocycles. The average molecular weight is 388 g/mol. The topological polar surface area (TPSA) is 57.7 Å². The maximum Gasteiger partial charge on any atom is 0.454 e. The summed E-state index contributed by atoms with van der Waals surface area (Å²) in [5, 5.41) is 1.12. The van der Waals surface area contributed by atoms with Gasteiger partial charge in [0, 0.05) is 43.4 Å². The summed E-state index contributed by atoms with van der Waals surface area (Å²) in [6.07, 6.45) is -2.87. The molecule has 2 rings (SSSR count). The summed E-state index contributed by atoms with van der Waals surface area (Å²) < 4.78 is 62.9. The Balaban J connectivity index is 1.98. The van der Waals surface area contributed by atoms with Gasteiger partial charge in [-0.05, 0) is 18.6 Å². The predicted molar refractivity (Wildman–Crippen MR) is 92.4 cm³/mol. The van der Waals surface area contributed by atoms with Crippen molar-refractivity contribution in [2.45, 2.75) is 13.1 Å². The first-order valence-corrected chi connectivity index (χ1v) is 9.37. The molecule has 0 radical (unpaired) electrons. The van der Waals surface area contributed by atoms with E-state index in [4.69, 9.17) is 0 Å². The van der Waals surface area contributed by atoms with Crippen molar-refractivity contribution in [1.29, 1.82) is 0 Å². The van der Waals surface area contributed by atoms with Crippen molar-refractivity contribution in [3.05, 3.63) is 53.1 Å². The second kappa shape index (κ2) is 8.05. The molecule has 1 aliphatic rings. The van der Waals surface area contributed by atoms with E-state index in [0.29, 0.717) is 6.08 Å². The van der Waals surface area contributed by atoms with Gasteiger partial charge in [0.15, 0.2) is 0 Å². The fourth-order valence-corrected chi connectivity index (χ4v) is 3.65. The highest BCUT2D eigenvalue weighted by molar-refractivity contribution is 7.92. The first kappa shape index (κ1) is 20.2. The third-order valence-electron chi connectivity index (χ3n) is 3.95. The van der Waals surface area contributed by atoms with Gasteiger partial charge in [0.05, 0.1) is 0 Å². The van der Waals surface area contributed by atoms with Gasteiger partial charge in [-0.2, -0.15) is 17.5 Å². The van der Waals surface area contributed by atoms with E-state index >= 15 is 0 Å². The minimum Gasteiger partial charge on any atom is -0.372 e. The lowest BCUT2D eigenvalue weighted by Crippen LogP contribution is -2.47. The quantitative estimate of drug-likeness (QED) is 0.728. The number of hydrogen-bond donors (Lipinski definition) is 0. The molecular weight excluding hydrogens is 369 g/mol. The van der Waals surface area contributed by atoms with Gasteiger partial charge in [-0.15, -0.1) is 0 Å². The number of nitrogens with zero attached hydrogens (tertiary/aromatic N) is 2. The zero-order chi connectivity index (χ0) is 19.4. The Bertz CT molecular complexity index is 794. The average Bonchev–Trinajstić information content (AvgIpc) is 2.60. The van der Waals surface area contributed by atoms with Crippen LogP contribution in [0.1, 0.15) is 12.5 Å². The van der Waals surface area contributed by atoms with E-state index in [1.54, 1.807) is 29.2 Å². The predicted octanol–water partition coefficient (Wildman–Crippen LogP) is 2.64. The lowest BCUT2D eigenvalue weighted by molar-refractivity contribution is -0.165. The largest absolute Gasteiger partial charge is 0.454 e. The van der Waals surface area contributed by atoms with E-state index in [-0.39, 0.29) is 31.9 Å². The van der Waals surface area contributed by atoms with E-state index in [0.717, 1.165) is 11.0 Å². The summed E-state index contributed by atoms with van der Waals surface area (Å²) >= 11 is 0. The first-order valence-electron chi connectivity index (χ1n) is 7.87. The van der Waals surface area contributed by atoms with Gasteiger partial charge in [0.1, 0.15) is 0 Å². The summed E-state index contributed by atoms with van der Waals surface area (Å²) in [4.78, 5) is 12.6. The van der Waals surface area contributed by atoms with E-state index in [1.165, 1.54) is 17.3 Å². The molecule has 1 aliphatic heterocycles. The van der Waals surface area contributed by atoms with Crippen LogP contribution in [0, 0.1) is 0 Å². The number of piperazine rings is 1. The summed E-state index contributed by atoms with van der Waals surface area (Å²) in [5.74, 6) is -1.92. The van der Waals surface area contributed by atoms with Crippen molar-refractivity contribution in [2.24, 2.45) is 0 Å². The molecule has 0 unspecified atom stereocenters. The number of halogens is 3. The number of allylic oxidation sites excluding steroid dienone is 2. The molecule has 0 amide bonds. The maximum absolute atomic E-state index is 12.3. The number of rotatable bonds is 5. The van der Waals surface area contributed by atoms with Crippen LogP contribution in [0.4, 0.5) is 13.2 Å². The van der Waals surface area contributed by atoms with Crippen LogP contribution in [0.5, 0.6) is 0 Å². The van der Waals surface area contributed by atoms with Crippen molar-refractivity contribution in [2.75, 3.05) is 26.2 Å². The number of benzene rings is 1. The van der Waals surface area contributed by atoms with Gasteiger partial charge < -0.3 is 4.90 Å². The number of ketones is 1. The van der Waals surface area contributed by atoms with Crippen LogP contribution in [0.15, 0.2) is 47.5 Å².